The molecule has 20 heavy (non-hydrogen) atoms. The number of carbonyl (C=O) groups excluding carboxylic acids is 1. The Labute approximate surface area is 121 Å². The second kappa shape index (κ2) is 5.70. The molecule has 1 unspecified atom stereocenters. The predicted octanol–water partition coefficient (Wildman–Crippen LogP) is 4.10. The molecule has 0 bridgehead atoms. The van der Waals surface area contributed by atoms with E-state index in [9.17, 15) is 4.79 Å². The average Bonchev–Trinajstić information content (AvgIpc) is 2.38. The van der Waals surface area contributed by atoms with Gasteiger partial charge in [-0.3, -0.25) is 0 Å². The number of hydrogen-bond acceptors (Lipinski definition) is 2. The van der Waals surface area contributed by atoms with E-state index in [-0.39, 0.29) is 12.1 Å². The van der Waals surface area contributed by atoms with Gasteiger partial charge in [0.25, 0.3) is 0 Å². The Morgan fingerprint density at radius 2 is 1.90 bits per heavy atom. The first-order chi connectivity index (χ1) is 9.38. The summed E-state index contributed by atoms with van der Waals surface area (Å²) < 4.78 is 5.49. The maximum absolute atomic E-state index is 12.3. The highest BCUT2D eigenvalue weighted by Gasteiger charge is 2.29. The van der Waals surface area contributed by atoms with Crippen molar-refractivity contribution in [2.24, 2.45) is 0 Å². The van der Waals surface area contributed by atoms with Crippen LogP contribution < -0.4 is 0 Å². The summed E-state index contributed by atoms with van der Waals surface area (Å²) in [5.74, 6) is 0. The molecule has 1 aromatic carbocycles. The molecule has 2 rings (SSSR count). The van der Waals surface area contributed by atoms with Gasteiger partial charge in [0, 0.05) is 6.54 Å². The van der Waals surface area contributed by atoms with Crippen LogP contribution in [0.15, 0.2) is 36.4 Å². The summed E-state index contributed by atoms with van der Waals surface area (Å²) in [6.45, 7) is 8.46. The zero-order chi connectivity index (χ0) is 14.8. The minimum absolute atomic E-state index is 0.0426. The SMILES string of the molecule is CC1C(c2ccccc2)=CCCN1C(=O)OC(C)(C)C. The van der Waals surface area contributed by atoms with Crippen molar-refractivity contribution >= 4 is 11.7 Å². The van der Waals surface area contributed by atoms with Gasteiger partial charge in [-0.2, -0.15) is 0 Å². The van der Waals surface area contributed by atoms with Gasteiger partial charge in [0.2, 0.25) is 0 Å². The van der Waals surface area contributed by atoms with Crippen molar-refractivity contribution in [2.75, 3.05) is 6.54 Å². The molecule has 1 heterocycles. The van der Waals surface area contributed by atoms with Crippen LogP contribution in [0.4, 0.5) is 4.79 Å². The zero-order valence-electron chi connectivity index (χ0n) is 12.7. The highest BCUT2D eigenvalue weighted by Crippen LogP contribution is 2.28. The molecular weight excluding hydrogens is 250 g/mol. The van der Waals surface area contributed by atoms with Crippen molar-refractivity contribution in [3.05, 3.63) is 42.0 Å². The maximum Gasteiger partial charge on any atom is 0.410 e. The highest BCUT2D eigenvalue weighted by molar-refractivity contribution is 5.77. The first-order valence-electron chi connectivity index (χ1n) is 7.13. The van der Waals surface area contributed by atoms with Crippen molar-refractivity contribution in [2.45, 2.75) is 45.8 Å². The van der Waals surface area contributed by atoms with Crippen molar-refractivity contribution in [1.29, 1.82) is 0 Å². The van der Waals surface area contributed by atoms with Crippen LogP contribution in [-0.2, 0) is 4.74 Å². The van der Waals surface area contributed by atoms with Crippen LogP contribution in [0.3, 0.4) is 0 Å². The second-order valence-electron chi connectivity index (χ2n) is 6.16. The van der Waals surface area contributed by atoms with E-state index in [1.54, 1.807) is 0 Å². The number of hydrogen-bond donors (Lipinski definition) is 0. The van der Waals surface area contributed by atoms with Gasteiger partial charge in [-0.1, -0.05) is 36.4 Å². The maximum atomic E-state index is 12.3. The van der Waals surface area contributed by atoms with Crippen LogP contribution in [0.25, 0.3) is 5.57 Å². The number of ether oxygens (including phenoxy) is 1. The fourth-order valence-corrected chi connectivity index (χ4v) is 2.45. The average molecular weight is 273 g/mol. The van der Waals surface area contributed by atoms with Crippen molar-refractivity contribution in [3.8, 4) is 0 Å². The molecule has 0 saturated carbocycles. The third-order valence-electron chi connectivity index (χ3n) is 3.39. The fraction of sp³-hybridized carbons (Fsp3) is 0.471. The van der Waals surface area contributed by atoms with Crippen LogP contribution >= 0.6 is 0 Å². The topological polar surface area (TPSA) is 29.5 Å². The van der Waals surface area contributed by atoms with Gasteiger partial charge in [-0.15, -0.1) is 0 Å². The Balaban J connectivity index is 2.16. The molecule has 0 fully saturated rings. The van der Waals surface area contributed by atoms with Gasteiger partial charge in [-0.25, -0.2) is 4.79 Å². The number of carbonyl (C=O) groups is 1. The molecule has 1 aliphatic heterocycles. The normalized spacial score (nSPS) is 19.5. The molecule has 0 spiro atoms. The van der Waals surface area contributed by atoms with E-state index in [1.165, 1.54) is 11.1 Å². The molecule has 1 atom stereocenters. The number of nitrogens with zero attached hydrogens (tertiary/aromatic N) is 1. The van der Waals surface area contributed by atoms with Crippen molar-refractivity contribution in [1.82, 2.24) is 4.90 Å². The van der Waals surface area contributed by atoms with Gasteiger partial charge < -0.3 is 9.64 Å². The van der Waals surface area contributed by atoms with Gasteiger partial charge in [-0.05, 0) is 45.3 Å². The van der Waals surface area contributed by atoms with Gasteiger partial charge in [0.1, 0.15) is 5.60 Å². The Bertz CT molecular complexity index is 499. The fourth-order valence-electron chi connectivity index (χ4n) is 2.45. The van der Waals surface area contributed by atoms with E-state index in [0.29, 0.717) is 6.54 Å². The number of rotatable bonds is 1. The molecule has 0 saturated heterocycles. The lowest BCUT2D eigenvalue weighted by Crippen LogP contribution is -2.44. The van der Waals surface area contributed by atoms with Crippen LogP contribution in [0, 0.1) is 0 Å². The Kier molecular flexibility index (Phi) is 4.17. The quantitative estimate of drug-likeness (QED) is 0.771. The lowest BCUT2D eigenvalue weighted by molar-refractivity contribution is 0.0214. The molecule has 0 N–H and O–H groups in total. The molecule has 0 radical (unpaired) electrons. The molecular formula is C17H23NO2. The third-order valence-corrected chi connectivity index (χ3v) is 3.39. The monoisotopic (exact) mass is 273 g/mol. The first-order valence-corrected chi connectivity index (χ1v) is 7.13. The molecule has 3 nitrogen and oxygen atoms in total. The van der Waals surface area contributed by atoms with E-state index in [1.807, 2.05) is 43.9 Å². The summed E-state index contributed by atoms with van der Waals surface area (Å²) in [6.07, 6.45) is 2.86. The Morgan fingerprint density at radius 1 is 1.25 bits per heavy atom. The molecule has 1 amide bonds. The Morgan fingerprint density at radius 3 is 2.50 bits per heavy atom. The smallest absolute Gasteiger partial charge is 0.410 e. The molecule has 1 aliphatic rings. The lowest BCUT2D eigenvalue weighted by atomic mass is 9.94. The van der Waals surface area contributed by atoms with Crippen LogP contribution in [0.5, 0.6) is 0 Å². The van der Waals surface area contributed by atoms with Crippen LogP contribution in [0.2, 0.25) is 0 Å². The molecule has 0 aromatic heterocycles. The molecule has 0 aliphatic carbocycles. The minimum atomic E-state index is -0.453. The van der Waals surface area contributed by atoms with Crippen molar-refractivity contribution in [3.63, 3.8) is 0 Å². The standard InChI is InChI=1S/C17H23NO2/c1-13-15(14-9-6-5-7-10-14)11-8-12-18(13)16(19)20-17(2,3)4/h5-7,9-11,13H,8,12H2,1-4H3. The zero-order valence-corrected chi connectivity index (χ0v) is 12.7. The lowest BCUT2D eigenvalue weighted by Gasteiger charge is -2.35. The largest absolute Gasteiger partial charge is 0.444 e. The Hall–Kier alpha value is -1.77. The summed E-state index contributed by atoms with van der Waals surface area (Å²) in [6, 6.07) is 10.3. The van der Waals surface area contributed by atoms with Crippen LogP contribution in [-0.4, -0.2) is 29.2 Å². The van der Waals surface area contributed by atoms with Gasteiger partial charge in [0.15, 0.2) is 0 Å². The third kappa shape index (κ3) is 3.41. The summed E-state index contributed by atoms with van der Waals surface area (Å²) in [5.41, 5.74) is 1.92. The summed E-state index contributed by atoms with van der Waals surface area (Å²) >= 11 is 0. The summed E-state index contributed by atoms with van der Waals surface area (Å²) in [7, 11) is 0. The molecule has 108 valence electrons. The van der Waals surface area contributed by atoms with E-state index < -0.39 is 5.60 Å². The van der Waals surface area contributed by atoms with E-state index in [0.717, 1.165) is 6.42 Å². The first kappa shape index (κ1) is 14.6. The van der Waals surface area contributed by atoms with E-state index in [4.69, 9.17) is 4.74 Å². The van der Waals surface area contributed by atoms with Gasteiger partial charge >= 0.3 is 6.09 Å². The van der Waals surface area contributed by atoms with Crippen molar-refractivity contribution < 1.29 is 9.53 Å². The number of benzene rings is 1. The summed E-state index contributed by atoms with van der Waals surface area (Å²) in [4.78, 5) is 14.1. The van der Waals surface area contributed by atoms with E-state index in [2.05, 4.69) is 25.1 Å². The summed E-state index contributed by atoms with van der Waals surface area (Å²) in [5, 5.41) is 0. The minimum Gasteiger partial charge on any atom is -0.444 e. The second-order valence-corrected chi connectivity index (χ2v) is 6.16. The van der Waals surface area contributed by atoms with E-state index >= 15 is 0 Å². The van der Waals surface area contributed by atoms with Gasteiger partial charge in [0.05, 0.1) is 6.04 Å². The number of amides is 1. The highest BCUT2D eigenvalue weighted by atomic mass is 16.6. The predicted molar refractivity (Wildman–Crippen MR) is 81.4 cm³/mol. The molecule has 3 heteroatoms. The van der Waals surface area contributed by atoms with Crippen LogP contribution in [0.1, 0.15) is 39.7 Å². The molecule has 1 aromatic rings.